The maximum Gasteiger partial charge on any atom is 0.220 e. The first-order valence-corrected chi connectivity index (χ1v) is 7.92. The van der Waals surface area contributed by atoms with Gasteiger partial charge in [0.1, 0.15) is 5.66 Å². The van der Waals surface area contributed by atoms with Crippen LogP contribution in [0.2, 0.25) is 0 Å². The summed E-state index contributed by atoms with van der Waals surface area (Å²) in [5.74, 6) is -0.0957. The predicted molar refractivity (Wildman–Crippen MR) is 91.0 cm³/mol. The summed E-state index contributed by atoms with van der Waals surface area (Å²) in [5, 5.41) is 0. The Bertz CT molecular complexity index is 698. The lowest BCUT2D eigenvalue weighted by molar-refractivity contribution is 0.300. The third kappa shape index (κ3) is 2.51. The van der Waals surface area contributed by atoms with Crippen molar-refractivity contribution < 1.29 is 13.9 Å². The van der Waals surface area contributed by atoms with Crippen LogP contribution < -0.4 is 25.8 Å². The fourth-order valence-electron chi connectivity index (χ4n) is 3.53. The van der Waals surface area contributed by atoms with Crippen molar-refractivity contribution in [3.63, 3.8) is 0 Å². The number of nitrogens with zero attached hydrogens (tertiary/aromatic N) is 3. The number of nitrogens with two attached hydrogens (primary N) is 2. The molecule has 7 nitrogen and oxygen atoms in total. The van der Waals surface area contributed by atoms with Gasteiger partial charge < -0.3 is 20.9 Å². The van der Waals surface area contributed by atoms with E-state index in [1.807, 2.05) is 0 Å². The summed E-state index contributed by atoms with van der Waals surface area (Å²) in [6.45, 7) is 0. The van der Waals surface area contributed by atoms with E-state index in [-0.39, 0.29) is 23.4 Å². The van der Waals surface area contributed by atoms with Gasteiger partial charge >= 0.3 is 0 Å². The summed E-state index contributed by atoms with van der Waals surface area (Å²) >= 11 is 0. The molecule has 0 amide bonds. The smallest absolute Gasteiger partial charge is 0.220 e. The molecule has 130 valence electrons. The first-order valence-electron chi connectivity index (χ1n) is 7.92. The highest BCUT2D eigenvalue weighted by Gasteiger charge is 2.44. The van der Waals surface area contributed by atoms with Crippen LogP contribution >= 0.6 is 0 Å². The summed E-state index contributed by atoms with van der Waals surface area (Å²) < 4.78 is 25.0. The number of methoxy groups -OCH3 is 2. The Hall–Kier alpha value is -2.51. The fraction of sp³-hybridized carbons (Fsp3) is 0.500. The highest BCUT2D eigenvalue weighted by Crippen LogP contribution is 2.44. The van der Waals surface area contributed by atoms with Crippen LogP contribution in [-0.4, -0.2) is 31.8 Å². The van der Waals surface area contributed by atoms with Crippen LogP contribution in [0.1, 0.15) is 32.1 Å². The van der Waals surface area contributed by atoms with E-state index in [1.54, 1.807) is 17.0 Å². The molecule has 8 heteroatoms. The molecule has 0 aromatic heterocycles. The van der Waals surface area contributed by atoms with E-state index >= 15 is 0 Å². The Labute approximate surface area is 140 Å². The van der Waals surface area contributed by atoms with Crippen LogP contribution in [0.4, 0.5) is 10.1 Å². The van der Waals surface area contributed by atoms with Crippen molar-refractivity contribution >= 4 is 17.6 Å². The summed E-state index contributed by atoms with van der Waals surface area (Å²) in [7, 11) is 2.81. The van der Waals surface area contributed by atoms with E-state index in [0.29, 0.717) is 5.69 Å². The van der Waals surface area contributed by atoms with Crippen LogP contribution in [0.3, 0.4) is 0 Å². The van der Waals surface area contributed by atoms with Gasteiger partial charge in [0.2, 0.25) is 17.7 Å². The van der Waals surface area contributed by atoms with Gasteiger partial charge in [-0.05, 0) is 37.8 Å². The molecule has 1 aromatic carbocycles. The lowest BCUT2D eigenvalue weighted by Gasteiger charge is -2.45. The van der Waals surface area contributed by atoms with E-state index in [1.165, 1.54) is 14.2 Å². The quantitative estimate of drug-likeness (QED) is 0.880. The highest BCUT2D eigenvalue weighted by atomic mass is 19.1. The molecule has 0 bridgehead atoms. The highest BCUT2D eigenvalue weighted by molar-refractivity contribution is 6.06. The molecule has 4 N–H and O–H groups in total. The molecule has 3 rings (SSSR count). The van der Waals surface area contributed by atoms with Gasteiger partial charge in [0.25, 0.3) is 0 Å². The predicted octanol–water partition coefficient (Wildman–Crippen LogP) is 1.95. The van der Waals surface area contributed by atoms with Crippen LogP contribution in [0, 0.1) is 5.82 Å². The Kier molecular flexibility index (Phi) is 4.21. The van der Waals surface area contributed by atoms with Gasteiger partial charge in [-0.15, -0.1) is 0 Å². The summed E-state index contributed by atoms with van der Waals surface area (Å²) in [6, 6.07) is 3.25. The molecule has 0 saturated heterocycles. The number of halogens is 1. The molecule has 1 aromatic rings. The normalized spacial score (nSPS) is 19.7. The molecule has 1 aliphatic heterocycles. The van der Waals surface area contributed by atoms with Gasteiger partial charge in [-0.3, -0.25) is 4.90 Å². The summed E-state index contributed by atoms with van der Waals surface area (Å²) in [4.78, 5) is 10.4. The summed E-state index contributed by atoms with van der Waals surface area (Å²) in [5.41, 5.74) is 11.8. The second-order valence-corrected chi connectivity index (χ2v) is 5.95. The number of guanidine groups is 2. The van der Waals surface area contributed by atoms with Crippen molar-refractivity contribution in [1.82, 2.24) is 0 Å². The summed E-state index contributed by atoms with van der Waals surface area (Å²) in [6.07, 6.45) is 4.63. The minimum absolute atomic E-state index is 0.0492. The van der Waals surface area contributed by atoms with Crippen LogP contribution in [0.5, 0.6) is 11.5 Å². The zero-order valence-corrected chi connectivity index (χ0v) is 13.9. The van der Waals surface area contributed by atoms with Crippen LogP contribution in [0.15, 0.2) is 22.1 Å². The van der Waals surface area contributed by atoms with E-state index in [2.05, 4.69) is 9.98 Å². The maximum absolute atomic E-state index is 14.6. The van der Waals surface area contributed by atoms with Crippen LogP contribution in [0.25, 0.3) is 0 Å². The third-order valence-electron chi connectivity index (χ3n) is 4.56. The molecule has 1 spiro atoms. The van der Waals surface area contributed by atoms with Gasteiger partial charge in [0, 0.05) is 0 Å². The van der Waals surface area contributed by atoms with E-state index in [4.69, 9.17) is 20.9 Å². The van der Waals surface area contributed by atoms with Crippen LogP contribution in [-0.2, 0) is 0 Å². The van der Waals surface area contributed by atoms with Crippen molar-refractivity contribution in [3.05, 3.63) is 17.9 Å². The average molecular weight is 335 g/mol. The maximum atomic E-state index is 14.6. The van der Waals surface area contributed by atoms with Gasteiger partial charge in [0.15, 0.2) is 11.5 Å². The van der Waals surface area contributed by atoms with Crippen molar-refractivity contribution in [2.45, 2.75) is 37.8 Å². The first-order chi connectivity index (χ1) is 11.5. The molecular formula is C16H22FN5O2. The topological polar surface area (TPSA) is 98.5 Å². The number of hydrogen-bond donors (Lipinski definition) is 2. The molecule has 2 aliphatic rings. The number of aliphatic imine (C=N–C) groups is 2. The van der Waals surface area contributed by atoms with Crippen molar-refractivity contribution in [2.24, 2.45) is 21.5 Å². The molecule has 24 heavy (non-hydrogen) atoms. The fourth-order valence-corrected chi connectivity index (χ4v) is 3.53. The van der Waals surface area contributed by atoms with Gasteiger partial charge in [-0.25, -0.2) is 4.99 Å². The lowest BCUT2D eigenvalue weighted by Crippen LogP contribution is -2.58. The number of anilines is 1. The average Bonchev–Trinajstić information content (AvgIpc) is 2.55. The first kappa shape index (κ1) is 16.4. The van der Waals surface area contributed by atoms with Crippen molar-refractivity contribution in [2.75, 3.05) is 19.1 Å². The number of hydrogen-bond acceptors (Lipinski definition) is 7. The monoisotopic (exact) mass is 335 g/mol. The Morgan fingerprint density at radius 2 is 1.83 bits per heavy atom. The van der Waals surface area contributed by atoms with Gasteiger partial charge in [0.05, 0.1) is 19.9 Å². The SMILES string of the molecule is COc1ccc(N2C(N)=NC(N)=NC23CCCCC3)c(OC)c1F. The molecule has 0 radical (unpaired) electrons. The second kappa shape index (κ2) is 6.18. The second-order valence-electron chi connectivity index (χ2n) is 5.95. The van der Waals surface area contributed by atoms with Crippen molar-refractivity contribution in [3.8, 4) is 11.5 Å². The molecule has 0 atom stereocenters. The van der Waals surface area contributed by atoms with Gasteiger partial charge in [-0.1, -0.05) is 6.42 Å². The minimum Gasteiger partial charge on any atom is -0.494 e. The molecule has 0 unspecified atom stereocenters. The van der Waals surface area contributed by atoms with E-state index in [9.17, 15) is 4.39 Å². The Balaban J connectivity index is 2.15. The zero-order chi connectivity index (χ0) is 17.3. The molecular weight excluding hydrogens is 313 g/mol. The number of benzene rings is 1. The zero-order valence-electron chi connectivity index (χ0n) is 13.9. The molecule has 1 fully saturated rings. The van der Waals surface area contributed by atoms with E-state index < -0.39 is 11.5 Å². The third-order valence-corrected chi connectivity index (χ3v) is 4.56. The molecule has 1 aliphatic carbocycles. The molecule has 1 saturated carbocycles. The van der Waals surface area contributed by atoms with Crippen molar-refractivity contribution in [1.29, 1.82) is 0 Å². The largest absolute Gasteiger partial charge is 0.494 e. The number of rotatable bonds is 3. The Morgan fingerprint density at radius 1 is 1.12 bits per heavy atom. The minimum atomic E-state index is -0.650. The standard InChI is InChI=1S/C16H22FN5O2/c1-23-11-7-6-10(13(24-2)12(11)17)22-15(19)20-14(18)21-16(22)8-4-3-5-9-16/h6-7H,3-5,8-9H2,1-2H3,(H4,18,19,20,21). The van der Waals surface area contributed by atoms with E-state index in [0.717, 1.165) is 32.1 Å². The Morgan fingerprint density at radius 3 is 2.46 bits per heavy atom. The number of ether oxygens (including phenoxy) is 2. The molecule has 1 heterocycles. The van der Waals surface area contributed by atoms with Gasteiger partial charge in [-0.2, -0.15) is 9.38 Å². The lowest BCUT2D eigenvalue weighted by atomic mass is 9.87.